The molecule has 1 fully saturated rings. The average molecular weight is 285 g/mol. The van der Waals surface area contributed by atoms with E-state index in [0.717, 1.165) is 49.5 Å². The lowest BCUT2D eigenvalue weighted by Crippen LogP contribution is -2.46. The highest BCUT2D eigenvalue weighted by Gasteiger charge is 2.25. The van der Waals surface area contributed by atoms with Crippen molar-refractivity contribution in [3.05, 3.63) is 42.2 Å². The molecule has 0 bridgehead atoms. The molecule has 1 aromatic carbocycles. The van der Waals surface area contributed by atoms with Crippen molar-refractivity contribution in [3.63, 3.8) is 0 Å². The zero-order chi connectivity index (χ0) is 14.7. The van der Waals surface area contributed by atoms with E-state index >= 15 is 0 Å². The number of nitrogens with zero attached hydrogens (tertiary/aromatic N) is 2. The molecule has 0 amide bonds. The Bertz CT molecular complexity index is 566. The van der Waals surface area contributed by atoms with Gasteiger partial charge in [-0.3, -0.25) is 4.90 Å². The van der Waals surface area contributed by atoms with Crippen LogP contribution in [0.4, 0.5) is 0 Å². The quantitative estimate of drug-likeness (QED) is 0.938. The van der Waals surface area contributed by atoms with Gasteiger partial charge in [-0.1, -0.05) is 48.8 Å². The molecule has 2 unspecified atom stereocenters. The molecule has 4 nitrogen and oxygen atoms in total. The zero-order valence-electron chi connectivity index (χ0n) is 12.5. The van der Waals surface area contributed by atoms with Crippen LogP contribution in [-0.2, 0) is 6.54 Å². The molecule has 2 N–H and O–H groups in total. The predicted octanol–water partition coefficient (Wildman–Crippen LogP) is 2.90. The first kappa shape index (κ1) is 14.3. The van der Waals surface area contributed by atoms with E-state index in [2.05, 4.69) is 29.1 Å². The molecule has 3 rings (SSSR count). The Kier molecular flexibility index (Phi) is 4.36. The van der Waals surface area contributed by atoms with Crippen LogP contribution < -0.4 is 5.73 Å². The zero-order valence-corrected chi connectivity index (χ0v) is 12.5. The summed E-state index contributed by atoms with van der Waals surface area (Å²) in [5.41, 5.74) is 8.17. The summed E-state index contributed by atoms with van der Waals surface area (Å²) in [5, 5.41) is 4.18. The first-order chi connectivity index (χ1) is 10.3. The smallest absolute Gasteiger partial charge is 0.151 e. The molecule has 1 aromatic heterocycles. The second-order valence-electron chi connectivity index (χ2n) is 5.90. The summed E-state index contributed by atoms with van der Waals surface area (Å²) in [5.74, 6) is 1.52. The first-order valence-corrected chi connectivity index (χ1v) is 7.75. The van der Waals surface area contributed by atoms with E-state index < -0.39 is 0 Å². The third-order valence-corrected chi connectivity index (χ3v) is 4.41. The van der Waals surface area contributed by atoms with Gasteiger partial charge in [-0.15, -0.1) is 0 Å². The van der Waals surface area contributed by atoms with E-state index in [1.165, 1.54) is 0 Å². The number of benzene rings is 1. The number of piperidine rings is 1. The first-order valence-electron chi connectivity index (χ1n) is 7.75. The van der Waals surface area contributed by atoms with Crippen molar-refractivity contribution in [1.82, 2.24) is 10.1 Å². The standard InChI is InChI=1S/C17H23N3O/c1-2-13-11-20(9-8-16(13)18)12-15-10-17(19-21-15)14-6-4-3-5-7-14/h3-7,10,13,16H,2,8-9,11-12,18H2,1H3. The Morgan fingerprint density at radius 1 is 1.33 bits per heavy atom. The van der Waals surface area contributed by atoms with Gasteiger partial charge in [0.1, 0.15) is 5.69 Å². The van der Waals surface area contributed by atoms with E-state index in [4.69, 9.17) is 10.3 Å². The van der Waals surface area contributed by atoms with Gasteiger partial charge in [-0.05, 0) is 12.3 Å². The Balaban J connectivity index is 1.65. The van der Waals surface area contributed by atoms with Crippen molar-refractivity contribution in [2.45, 2.75) is 32.4 Å². The molecule has 0 radical (unpaired) electrons. The van der Waals surface area contributed by atoms with Crippen molar-refractivity contribution in [2.24, 2.45) is 11.7 Å². The van der Waals surface area contributed by atoms with Crippen LogP contribution >= 0.6 is 0 Å². The van der Waals surface area contributed by atoms with E-state index in [1.54, 1.807) is 0 Å². The van der Waals surface area contributed by atoms with Crippen LogP contribution in [0.15, 0.2) is 40.9 Å². The largest absolute Gasteiger partial charge is 0.359 e. The Morgan fingerprint density at radius 3 is 2.90 bits per heavy atom. The summed E-state index contributed by atoms with van der Waals surface area (Å²) in [6, 6.07) is 12.5. The fourth-order valence-electron chi connectivity index (χ4n) is 3.05. The number of hydrogen-bond acceptors (Lipinski definition) is 4. The number of likely N-dealkylation sites (tertiary alicyclic amines) is 1. The van der Waals surface area contributed by atoms with Crippen LogP contribution in [0, 0.1) is 5.92 Å². The minimum absolute atomic E-state index is 0.348. The maximum Gasteiger partial charge on any atom is 0.151 e. The third-order valence-electron chi connectivity index (χ3n) is 4.41. The SMILES string of the molecule is CCC1CN(Cc2cc(-c3ccccc3)no2)CCC1N. The number of nitrogens with two attached hydrogens (primary N) is 1. The van der Waals surface area contributed by atoms with Gasteiger partial charge in [-0.25, -0.2) is 0 Å². The molecule has 21 heavy (non-hydrogen) atoms. The molecular weight excluding hydrogens is 262 g/mol. The fourth-order valence-corrected chi connectivity index (χ4v) is 3.05. The van der Waals surface area contributed by atoms with Crippen molar-refractivity contribution >= 4 is 0 Å². The fraction of sp³-hybridized carbons (Fsp3) is 0.471. The van der Waals surface area contributed by atoms with Gasteiger partial charge >= 0.3 is 0 Å². The highest BCUT2D eigenvalue weighted by atomic mass is 16.5. The van der Waals surface area contributed by atoms with Gasteiger partial charge in [0.2, 0.25) is 0 Å². The second-order valence-corrected chi connectivity index (χ2v) is 5.90. The van der Waals surface area contributed by atoms with Crippen LogP contribution in [0.1, 0.15) is 25.5 Å². The van der Waals surface area contributed by atoms with Gasteiger partial charge in [0, 0.05) is 30.8 Å². The lowest BCUT2D eigenvalue weighted by molar-refractivity contribution is 0.133. The minimum atomic E-state index is 0.348. The van der Waals surface area contributed by atoms with Crippen molar-refractivity contribution in [2.75, 3.05) is 13.1 Å². The molecule has 0 spiro atoms. The summed E-state index contributed by atoms with van der Waals surface area (Å²) in [4.78, 5) is 2.42. The molecule has 2 atom stereocenters. The van der Waals surface area contributed by atoms with E-state index in [1.807, 2.05) is 24.3 Å². The summed E-state index contributed by atoms with van der Waals surface area (Å²) in [7, 11) is 0. The monoisotopic (exact) mass is 285 g/mol. The molecule has 2 aromatic rings. The summed E-state index contributed by atoms with van der Waals surface area (Å²) >= 11 is 0. The van der Waals surface area contributed by atoms with Gasteiger partial charge in [0.05, 0.1) is 6.54 Å². The van der Waals surface area contributed by atoms with Gasteiger partial charge in [0.15, 0.2) is 5.76 Å². The van der Waals surface area contributed by atoms with E-state index in [9.17, 15) is 0 Å². The third kappa shape index (κ3) is 3.34. The molecule has 0 saturated carbocycles. The van der Waals surface area contributed by atoms with Crippen LogP contribution in [0.2, 0.25) is 0 Å². The van der Waals surface area contributed by atoms with Crippen LogP contribution in [0.5, 0.6) is 0 Å². The lowest BCUT2D eigenvalue weighted by Gasteiger charge is -2.35. The molecule has 0 aliphatic carbocycles. The van der Waals surface area contributed by atoms with Crippen molar-refractivity contribution in [1.29, 1.82) is 0 Å². The number of rotatable bonds is 4. The summed E-state index contributed by atoms with van der Waals surface area (Å²) < 4.78 is 5.49. The maximum atomic E-state index is 6.16. The number of aromatic nitrogens is 1. The lowest BCUT2D eigenvalue weighted by atomic mass is 9.91. The van der Waals surface area contributed by atoms with Crippen LogP contribution in [0.3, 0.4) is 0 Å². The Hall–Kier alpha value is -1.65. The van der Waals surface area contributed by atoms with E-state index in [0.29, 0.717) is 12.0 Å². The van der Waals surface area contributed by atoms with Crippen LogP contribution in [-0.4, -0.2) is 29.2 Å². The molecular formula is C17H23N3O. The Labute approximate surface area is 125 Å². The molecule has 1 saturated heterocycles. The molecule has 4 heteroatoms. The van der Waals surface area contributed by atoms with Crippen molar-refractivity contribution < 1.29 is 4.52 Å². The number of hydrogen-bond donors (Lipinski definition) is 1. The van der Waals surface area contributed by atoms with Crippen LogP contribution in [0.25, 0.3) is 11.3 Å². The normalized spacial score (nSPS) is 23.3. The molecule has 112 valence electrons. The minimum Gasteiger partial charge on any atom is -0.359 e. The van der Waals surface area contributed by atoms with Crippen molar-refractivity contribution in [3.8, 4) is 11.3 Å². The highest BCUT2D eigenvalue weighted by molar-refractivity contribution is 5.58. The van der Waals surface area contributed by atoms with Gasteiger partial charge < -0.3 is 10.3 Å². The Morgan fingerprint density at radius 2 is 2.14 bits per heavy atom. The maximum absolute atomic E-state index is 6.16. The topological polar surface area (TPSA) is 55.3 Å². The highest BCUT2D eigenvalue weighted by Crippen LogP contribution is 2.23. The average Bonchev–Trinajstić information content (AvgIpc) is 2.98. The second kappa shape index (κ2) is 6.41. The summed E-state index contributed by atoms with van der Waals surface area (Å²) in [6.45, 7) is 5.14. The van der Waals surface area contributed by atoms with E-state index in [-0.39, 0.29) is 0 Å². The van der Waals surface area contributed by atoms with Gasteiger partial charge in [-0.2, -0.15) is 0 Å². The molecule has 1 aliphatic rings. The molecule has 2 heterocycles. The van der Waals surface area contributed by atoms with Gasteiger partial charge in [0.25, 0.3) is 0 Å². The predicted molar refractivity (Wildman–Crippen MR) is 83.6 cm³/mol. The molecule has 1 aliphatic heterocycles. The summed E-state index contributed by atoms with van der Waals surface area (Å²) in [6.07, 6.45) is 2.21.